The van der Waals surface area contributed by atoms with Crippen molar-refractivity contribution in [3.05, 3.63) is 29.0 Å². The van der Waals surface area contributed by atoms with Crippen LogP contribution in [0.3, 0.4) is 0 Å². The van der Waals surface area contributed by atoms with Gasteiger partial charge in [-0.3, -0.25) is 0 Å². The number of nitrogens with one attached hydrogen (secondary N) is 1. The van der Waals surface area contributed by atoms with Gasteiger partial charge in [0, 0.05) is 16.6 Å². The third-order valence-corrected chi connectivity index (χ3v) is 3.43. The molecule has 3 nitrogen and oxygen atoms in total. The van der Waals surface area contributed by atoms with Crippen molar-refractivity contribution >= 4 is 10.9 Å². The molecular formula is C15H22N2O. The van der Waals surface area contributed by atoms with Crippen LogP contribution < -0.4 is 10.5 Å². The third-order valence-electron chi connectivity index (χ3n) is 3.43. The van der Waals surface area contributed by atoms with E-state index in [4.69, 9.17) is 10.5 Å². The van der Waals surface area contributed by atoms with Crippen LogP contribution in [-0.2, 0) is 6.42 Å². The molecule has 98 valence electrons. The second kappa shape index (κ2) is 5.02. The molecule has 2 rings (SSSR count). The average Bonchev–Trinajstić information content (AvgIpc) is 2.69. The number of aromatic amines is 1. The Morgan fingerprint density at radius 3 is 2.61 bits per heavy atom. The Bertz CT molecular complexity index is 555. The number of fused-ring (bicyclic) bond motifs is 1. The Labute approximate surface area is 108 Å². The Morgan fingerprint density at radius 2 is 2.06 bits per heavy atom. The van der Waals surface area contributed by atoms with E-state index in [0.29, 0.717) is 12.5 Å². The molecule has 1 aromatic heterocycles. The number of rotatable bonds is 4. The average molecular weight is 246 g/mol. The molecule has 0 bridgehead atoms. The Balaban J connectivity index is 2.73. The molecule has 1 heterocycles. The van der Waals surface area contributed by atoms with E-state index in [1.165, 1.54) is 27.7 Å². The van der Waals surface area contributed by atoms with Crippen molar-refractivity contribution in [1.82, 2.24) is 4.98 Å². The van der Waals surface area contributed by atoms with E-state index in [1.54, 1.807) is 7.11 Å². The van der Waals surface area contributed by atoms with E-state index >= 15 is 0 Å². The molecule has 0 saturated heterocycles. The molecule has 0 saturated carbocycles. The fourth-order valence-electron chi connectivity index (χ4n) is 2.54. The van der Waals surface area contributed by atoms with E-state index in [1.807, 2.05) is 0 Å². The summed E-state index contributed by atoms with van der Waals surface area (Å²) in [5, 5.41) is 1.25. The molecule has 18 heavy (non-hydrogen) atoms. The molecule has 0 unspecified atom stereocenters. The molecule has 1 aromatic carbocycles. The number of H-pyrrole nitrogens is 1. The van der Waals surface area contributed by atoms with Gasteiger partial charge in [0.15, 0.2) is 0 Å². The predicted octanol–water partition coefficient (Wildman–Crippen LogP) is 3.11. The molecule has 0 fully saturated rings. The molecule has 0 aliphatic rings. The van der Waals surface area contributed by atoms with Crippen molar-refractivity contribution in [1.29, 1.82) is 0 Å². The van der Waals surface area contributed by atoms with Gasteiger partial charge < -0.3 is 15.5 Å². The summed E-state index contributed by atoms with van der Waals surface area (Å²) in [6.07, 6.45) is 0.903. The summed E-state index contributed by atoms with van der Waals surface area (Å²) in [6, 6.07) is 4.17. The maximum atomic E-state index is 5.74. The zero-order chi connectivity index (χ0) is 13.3. The van der Waals surface area contributed by atoms with Crippen LogP contribution in [0.25, 0.3) is 10.9 Å². The number of hydrogen-bond acceptors (Lipinski definition) is 2. The highest BCUT2D eigenvalue weighted by atomic mass is 16.5. The number of nitrogens with two attached hydrogens (primary N) is 1. The Hall–Kier alpha value is -1.48. The SMILES string of the molecule is COc1cc(C)c2[nH]c(C(C)C)c(CCN)c2c1. The fraction of sp³-hybridized carbons (Fsp3) is 0.467. The molecule has 0 spiro atoms. The summed E-state index contributed by atoms with van der Waals surface area (Å²) in [5.74, 6) is 1.39. The lowest BCUT2D eigenvalue weighted by atomic mass is 10.00. The minimum absolute atomic E-state index is 0.476. The van der Waals surface area contributed by atoms with E-state index in [9.17, 15) is 0 Å². The van der Waals surface area contributed by atoms with Gasteiger partial charge in [-0.2, -0.15) is 0 Å². The van der Waals surface area contributed by atoms with Crippen molar-refractivity contribution in [2.24, 2.45) is 5.73 Å². The Morgan fingerprint density at radius 1 is 1.33 bits per heavy atom. The largest absolute Gasteiger partial charge is 0.497 e. The van der Waals surface area contributed by atoms with E-state index in [0.717, 1.165) is 12.2 Å². The van der Waals surface area contributed by atoms with Gasteiger partial charge in [-0.1, -0.05) is 13.8 Å². The summed E-state index contributed by atoms with van der Waals surface area (Å²) in [4.78, 5) is 3.56. The second-order valence-corrected chi connectivity index (χ2v) is 5.08. The summed E-state index contributed by atoms with van der Waals surface area (Å²) in [7, 11) is 1.71. The molecule has 2 aromatic rings. The summed E-state index contributed by atoms with van der Waals surface area (Å²) in [5.41, 5.74) is 10.8. The molecule has 3 heteroatoms. The number of methoxy groups -OCH3 is 1. The monoisotopic (exact) mass is 246 g/mol. The van der Waals surface area contributed by atoms with Crippen molar-refractivity contribution in [3.63, 3.8) is 0 Å². The first-order valence-corrected chi connectivity index (χ1v) is 6.47. The molecule has 0 aliphatic carbocycles. The molecular weight excluding hydrogens is 224 g/mol. The first-order chi connectivity index (χ1) is 8.58. The maximum Gasteiger partial charge on any atom is 0.119 e. The summed E-state index contributed by atoms with van der Waals surface area (Å²) < 4.78 is 5.36. The van der Waals surface area contributed by atoms with Crippen LogP contribution in [0.4, 0.5) is 0 Å². The molecule has 0 amide bonds. The van der Waals surface area contributed by atoms with E-state index < -0.39 is 0 Å². The number of benzene rings is 1. The van der Waals surface area contributed by atoms with Gasteiger partial charge in [0.2, 0.25) is 0 Å². The third kappa shape index (κ3) is 2.10. The van der Waals surface area contributed by atoms with Crippen LogP contribution in [0.15, 0.2) is 12.1 Å². The minimum Gasteiger partial charge on any atom is -0.497 e. The van der Waals surface area contributed by atoms with Gasteiger partial charge >= 0.3 is 0 Å². The maximum absolute atomic E-state index is 5.74. The smallest absolute Gasteiger partial charge is 0.119 e. The highest BCUT2D eigenvalue weighted by Gasteiger charge is 2.15. The number of ether oxygens (including phenoxy) is 1. The van der Waals surface area contributed by atoms with Crippen LogP contribution in [0, 0.1) is 6.92 Å². The lowest BCUT2D eigenvalue weighted by Gasteiger charge is -2.07. The summed E-state index contributed by atoms with van der Waals surface area (Å²) >= 11 is 0. The zero-order valence-corrected chi connectivity index (χ0v) is 11.6. The van der Waals surface area contributed by atoms with Crippen LogP contribution in [-0.4, -0.2) is 18.6 Å². The topological polar surface area (TPSA) is 51.0 Å². The van der Waals surface area contributed by atoms with Crippen LogP contribution in [0.2, 0.25) is 0 Å². The normalized spacial score (nSPS) is 11.4. The lowest BCUT2D eigenvalue weighted by molar-refractivity contribution is 0.415. The number of hydrogen-bond donors (Lipinski definition) is 2. The van der Waals surface area contributed by atoms with Crippen LogP contribution in [0.1, 0.15) is 36.6 Å². The fourth-order valence-corrected chi connectivity index (χ4v) is 2.54. The minimum atomic E-state index is 0.476. The summed E-state index contributed by atoms with van der Waals surface area (Å²) in [6.45, 7) is 7.19. The number of aromatic nitrogens is 1. The number of aryl methyl sites for hydroxylation is 1. The highest BCUT2D eigenvalue weighted by Crippen LogP contribution is 2.32. The standard InChI is InChI=1S/C15H22N2O/c1-9(2)14-12(5-6-16)13-8-11(18-4)7-10(3)15(13)17-14/h7-9,17H,5-6,16H2,1-4H3. The van der Waals surface area contributed by atoms with Gasteiger partial charge in [-0.05, 0) is 49.1 Å². The van der Waals surface area contributed by atoms with Crippen molar-refractivity contribution in [2.45, 2.75) is 33.1 Å². The van der Waals surface area contributed by atoms with Gasteiger partial charge in [-0.15, -0.1) is 0 Å². The van der Waals surface area contributed by atoms with Crippen molar-refractivity contribution < 1.29 is 4.74 Å². The molecule has 0 aliphatic heterocycles. The van der Waals surface area contributed by atoms with Gasteiger partial charge in [0.05, 0.1) is 7.11 Å². The van der Waals surface area contributed by atoms with E-state index in [2.05, 4.69) is 37.9 Å². The Kier molecular flexibility index (Phi) is 3.62. The van der Waals surface area contributed by atoms with Crippen LogP contribution >= 0.6 is 0 Å². The van der Waals surface area contributed by atoms with E-state index in [-0.39, 0.29) is 0 Å². The molecule has 3 N–H and O–H groups in total. The highest BCUT2D eigenvalue weighted by molar-refractivity contribution is 5.89. The molecule has 0 atom stereocenters. The first kappa shape index (κ1) is 13.0. The van der Waals surface area contributed by atoms with Crippen molar-refractivity contribution in [3.8, 4) is 5.75 Å². The zero-order valence-electron chi connectivity index (χ0n) is 11.6. The quantitative estimate of drug-likeness (QED) is 0.871. The predicted molar refractivity (Wildman–Crippen MR) is 76.4 cm³/mol. The van der Waals surface area contributed by atoms with Gasteiger partial charge in [0.1, 0.15) is 5.75 Å². The van der Waals surface area contributed by atoms with Crippen LogP contribution in [0.5, 0.6) is 5.75 Å². The lowest BCUT2D eigenvalue weighted by Crippen LogP contribution is -2.05. The van der Waals surface area contributed by atoms with Gasteiger partial charge in [-0.25, -0.2) is 0 Å². The van der Waals surface area contributed by atoms with Gasteiger partial charge in [0.25, 0.3) is 0 Å². The first-order valence-electron chi connectivity index (χ1n) is 6.47. The van der Waals surface area contributed by atoms with Crippen molar-refractivity contribution in [2.75, 3.05) is 13.7 Å². The molecule has 0 radical (unpaired) electrons. The second-order valence-electron chi connectivity index (χ2n) is 5.08.